The first-order valence-electron chi connectivity index (χ1n) is 10.0. The largest absolute Gasteiger partial charge is 0.493 e. The van der Waals surface area contributed by atoms with E-state index < -0.39 is 5.91 Å². The van der Waals surface area contributed by atoms with Gasteiger partial charge in [-0.25, -0.2) is 0 Å². The van der Waals surface area contributed by atoms with Crippen LogP contribution in [0.15, 0.2) is 64.6 Å². The van der Waals surface area contributed by atoms with Gasteiger partial charge in [-0.05, 0) is 82.3 Å². The summed E-state index contributed by atoms with van der Waals surface area (Å²) in [6, 6.07) is 18.3. The zero-order valence-electron chi connectivity index (χ0n) is 17.9. The molecule has 0 aromatic heterocycles. The van der Waals surface area contributed by atoms with Crippen molar-refractivity contribution in [1.29, 1.82) is 5.26 Å². The Morgan fingerprint density at radius 1 is 1.21 bits per heavy atom. The Labute approximate surface area is 218 Å². The van der Waals surface area contributed by atoms with Gasteiger partial charge in [-0.15, -0.1) is 0 Å². The smallest absolute Gasteiger partial charge is 0.266 e. The number of nitrogens with zero attached hydrogens (tertiary/aromatic N) is 1. The molecule has 9 heteroatoms. The van der Waals surface area contributed by atoms with E-state index in [9.17, 15) is 10.1 Å². The van der Waals surface area contributed by atoms with Gasteiger partial charge in [0.2, 0.25) is 6.79 Å². The van der Waals surface area contributed by atoms with Gasteiger partial charge in [0, 0.05) is 10.2 Å². The molecule has 1 aliphatic heterocycles. The fourth-order valence-corrected chi connectivity index (χ4v) is 4.41. The van der Waals surface area contributed by atoms with Crippen LogP contribution in [0.4, 0.5) is 5.69 Å². The molecule has 0 fully saturated rings. The number of methoxy groups -OCH3 is 1. The van der Waals surface area contributed by atoms with E-state index >= 15 is 0 Å². The predicted octanol–water partition coefficient (Wildman–Crippen LogP) is 5.92. The quantitative estimate of drug-likeness (QED) is 0.198. The van der Waals surface area contributed by atoms with Crippen molar-refractivity contribution in [3.05, 3.63) is 79.3 Å². The summed E-state index contributed by atoms with van der Waals surface area (Å²) in [5, 5.41) is 12.3. The summed E-state index contributed by atoms with van der Waals surface area (Å²) in [4.78, 5) is 12.6. The summed E-state index contributed by atoms with van der Waals surface area (Å²) in [6.07, 6.45) is 1.51. The predicted molar refractivity (Wildman–Crippen MR) is 139 cm³/mol. The zero-order chi connectivity index (χ0) is 24.1. The summed E-state index contributed by atoms with van der Waals surface area (Å²) in [5.74, 6) is 1.95. The highest BCUT2D eigenvalue weighted by Gasteiger charge is 2.16. The maximum Gasteiger partial charge on any atom is 0.266 e. The number of carbonyl (C=O) groups is 1. The van der Waals surface area contributed by atoms with Crippen LogP contribution in [-0.2, 0) is 11.4 Å². The van der Waals surface area contributed by atoms with E-state index in [1.54, 1.807) is 24.3 Å². The van der Waals surface area contributed by atoms with Crippen molar-refractivity contribution < 1.29 is 23.7 Å². The van der Waals surface area contributed by atoms with E-state index in [2.05, 4.69) is 43.8 Å². The molecule has 34 heavy (non-hydrogen) atoms. The van der Waals surface area contributed by atoms with Gasteiger partial charge in [-0.3, -0.25) is 4.79 Å². The highest BCUT2D eigenvalue weighted by molar-refractivity contribution is 14.1. The third-order valence-corrected chi connectivity index (χ3v) is 6.13. The second kappa shape index (κ2) is 10.8. The number of nitriles is 1. The zero-order valence-corrected chi connectivity index (χ0v) is 21.7. The lowest BCUT2D eigenvalue weighted by Gasteiger charge is -2.14. The first-order valence-corrected chi connectivity index (χ1v) is 11.9. The molecule has 0 radical (unpaired) electrons. The number of ether oxygens (including phenoxy) is 4. The summed E-state index contributed by atoms with van der Waals surface area (Å²) in [7, 11) is 1.54. The van der Waals surface area contributed by atoms with E-state index in [-0.39, 0.29) is 12.4 Å². The minimum Gasteiger partial charge on any atom is -0.493 e. The Hall–Kier alpha value is -3.23. The van der Waals surface area contributed by atoms with E-state index in [0.29, 0.717) is 40.9 Å². The fourth-order valence-electron chi connectivity index (χ4n) is 3.23. The molecule has 1 amide bonds. The molecule has 3 aromatic carbocycles. The molecular weight excluding hydrogens is 615 g/mol. The van der Waals surface area contributed by atoms with Gasteiger partial charge in [0.15, 0.2) is 23.0 Å². The van der Waals surface area contributed by atoms with Crippen LogP contribution >= 0.6 is 38.5 Å². The lowest BCUT2D eigenvalue weighted by atomic mass is 10.1. The van der Waals surface area contributed by atoms with Crippen LogP contribution in [0.25, 0.3) is 6.08 Å². The second-order valence-electron chi connectivity index (χ2n) is 7.14. The molecule has 7 nitrogen and oxygen atoms in total. The minimum atomic E-state index is -0.502. The van der Waals surface area contributed by atoms with Crippen LogP contribution in [0, 0.1) is 14.9 Å². The summed E-state index contributed by atoms with van der Waals surface area (Å²) in [5.41, 5.74) is 2.10. The lowest BCUT2D eigenvalue weighted by Crippen LogP contribution is -2.13. The number of fused-ring (bicyclic) bond motifs is 1. The number of nitrogens with one attached hydrogen (secondary N) is 1. The number of amides is 1. The molecule has 0 saturated heterocycles. The number of hydrogen-bond donors (Lipinski definition) is 1. The summed E-state index contributed by atoms with van der Waals surface area (Å²) in [6.45, 7) is 0.516. The maximum atomic E-state index is 12.6. The van der Waals surface area contributed by atoms with Gasteiger partial charge in [-0.1, -0.05) is 28.1 Å². The van der Waals surface area contributed by atoms with Crippen molar-refractivity contribution >= 4 is 56.2 Å². The molecule has 172 valence electrons. The van der Waals surface area contributed by atoms with Crippen molar-refractivity contribution in [3.63, 3.8) is 0 Å². The number of halogens is 2. The van der Waals surface area contributed by atoms with Crippen molar-refractivity contribution in [2.45, 2.75) is 6.61 Å². The lowest BCUT2D eigenvalue weighted by molar-refractivity contribution is -0.112. The van der Waals surface area contributed by atoms with Gasteiger partial charge in [0.05, 0.1) is 10.7 Å². The molecule has 1 N–H and O–H groups in total. The molecule has 4 rings (SSSR count). The molecule has 0 saturated carbocycles. The van der Waals surface area contributed by atoms with E-state index in [4.69, 9.17) is 18.9 Å². The Bertz CT molecular complexity index is 1320. The fraction of sp³-hybridized carbons (Fsp3) is 0.120. The van der Waals surface area contributed by atoms with Gasteiger partial charge in [0.1, 0.15) is 18.2 Å². The standard InChI is InChI=1S/C25H18BrIN2O5/c1-31-23-10-16(7-17(12-28)25(30)29-19-4-2-3-18(26)11-19)8-20(27)24(23)32-13-15-5-6-21-22(9-15)34-14-33-21/h2-11H,13-14H2,1H3,(H,29,30)/b17-7-. The van der Waals surface area contributed by atoms with E-state index in [1.165, 1.54) is 13.2 Å². The van der Waals surface area contributed by atoms with Gasteiger partial charge < -0.3 is 24.3 Å². The maximum absolute atomic E-state index is 12.6. The van der Waals surface area contributed by atoms with Crippen LogP contribution in [0.1, 0.15) is 11.1 Å². The Morgan fingerprint density at radius 3 is 2.79 bits per heavy atom. The van der Waals surface area contributed by atoms with Crippen LogP contribution in [-0.4, -0.2) is 19.8 Å². The van der Waals surface area contributed by atoms with Gasteiger partial charge in [0.25, 0.3) is 5.91 Å². The van der Waals surface area contributed by atoms with Crippen LogP contribution in [0.5, 0.6) is 23.0 Å². The number of benzene rings is 3. The first-order chi connectivity index (χ1) is 16.5. The van der Waals surface area contributed by atoms with Crippen molar-refractivity contribution in [2.75, 3.05) is 19.2 Å². The second-order valence-corrected chi connectivity index (χ2v) is 9.22. The van der Waals surface area contributed by atoms with Crippen LogP contribution in [0.2, 0.25) is 0 Å². The minimum absolute atomic E-state index is 0.0353. The van der Waals surface area contributed by atoms with E-state index in [0.717, 1.165) is 13.6 Å². The average Bonchev–Trinajstić information content (AvgIpc) is 3.29. The molecule has 1 aliphatic rings. The van der Waals surface area contributed by atoms with Crippen LogP contribution in [0.3, 0.4) is 0 Å². The van der Waals surface area contributed by atoms with Crippen LogP contribution < -0.4 is 24.3 Å². The molecule has 1 heterocycles. The number of carbonyl (C=O) groups excluding carboxylic acids is 1. The Morgan fingerprint density at radius 2 is 2.03 bits per heavy atom. The molecule has 0 atom stereocenters. The van der Waals surface area contributed by atoms with Crippen molar-refractivity contribution in [1.82, 2.24) is 0 Å². The highest BCUT2D eigenvalue weighted by Crippen LogP contribution is 2.37. The van der Waals surface area contributed by atoms with E-state index in [1.807, 2.05) is 36.4 Å². The Balaban J connectivity index is 1.52. The summed E-state index contributed by atoms with van der Waals surface area (Å²) >= 11 is 5.50. The average molecular weight is 633 g/mol. The number of hydrogen-bond acceptors (Lipinski definition) is 6. The molecular formula is C25H18BrIN2O5. The SMILES string of the molecule is COc1cc(/C=C(/C#N)C(=O)Nc2cccc(Br)c2)cc(I)c1OCc1ccc2c(c1)OCO2. The number of rotatable bonds is 7. The molecule has 0 spiro atoms. The molecule has 3 aromatic rings. The van der Waals surface area contributed by atoms with Crippen molar-refractivity contribution in [3.8, 4) is 29.1 Å². The van der Waals surface area contributed by atoms with Gasteiger partial charge in [-0.2, -0.15) is 5.26 Å². The van der Waals surface area contributed by atoms with Gasteiger partial charge >= 0.3 is 0 Å². The monoisotopic (exact) mass is 632 g/mol. The topological polar surface area (TPSA) is 89.8 Å². The Kier molecular flexibility index (Phi) is 7.59. The van der Waals surface area contributed by atoms with Crippen molar-refractivity contribution in [2.24, 2.45) is 0 Å². The molecule has 0 bridgehead atoms. The third-order valence-electron chi connectivity index (χ3n) is 4.83. The normalized spacial score (nSPS) is 12.1. The third kappa shape index (κ3) is 5.63. The molecule has 0 aliphatic carbocycles. The molecule has 0 unspecified atom stereocenters. The first kappa shape index (κ1) is 23.9. The summed E-state index contributed by atoms with van der Waals surface area (Å²) < 4.78 is 23.9. The number of anilines is 1. The highest BCUT2D eigenvalue weighted by atomic mass is 127.